The summed E-state index contributed by atoms with van der Waals surface area (Å²) in [6.45, 7) is 4.09. The lowest BCUT2D eigenvalue weighted by atomic mass is 10.0. The molecule has 2 unspecified atom stereocenters. The van der Waals surface area contributed by atoms with Crippen molar-refractivity contribution in [2.75, 3.05) is 0 Å². The normalized spacial score (nSPS) is 24.8. The van der Waals surface area contributed by atoms with Crippen LogP contribution in [0.5, 0.6) is 0 Å². The van der Waals surface area contributed by atoms with Gasteiger partial charge in [0.05, 0.1) is 6.04 Å². The van der Waals surface area contributed by atoms with Crippen molar-refractivity contribution in [1.29, 1.82) is 0 Å². The SMILES string of the molecule is Cc1ccc([C@@H](C)NC(=O)C2CCC(N)C2)cc1. The van der Waals surface area contributed by atoms with E-state index in [4.69, 9.17) is 5.73 Å². The van der Waals surface area contributed by atoms with E-state index in [-0.39, 0.29) is 23.9 Å². The maximum absolute atomic E-state index is 12.1. The van der Waals surface area contributed by atoms with Crippen LogP contribution in [0.3, 0.4) is 0 Å². The van der Waals surface area contributed by atoms with Crippen LogP contribution in [0.15, 0.2) is 24.3 Å². The molecule has 0 heterocycles. The number of carbonyl (C=O) groups excluding carboxylic acids is 1. The quantitative estimate of drug-likeness (QED) is 0.859. The molecule has 3 N–H and O–H groups in total. The zero-order valence-corrected chi connectivity index (χ0v) is 11.1. The third-order valence-electron chi connectivity index (χ3n) is 3.78. The second-order valence-corrected chi connectivity index (χ2v) is 5.41. The number of benzene rings is 1. The molecule has 0 saturated heterocycles. The van der Waals surface area contributed by atoms with Crippen molar-refractivity contribution < 1.29 is 4.79 Å². The average Bonchev–Trinajstić information content (AvgIpc) is 2.76. The summed E-state index contributed by atoms with van der Waals surface area (Å²) in [5.41, 5.74) is 8.23. The van der Waals surface area contributed by atoms with Crippen LogP contribution < -0.4 is 11.1 Å². The van der Waals surface area contributed by atoms with E-state index in [1.165, 1.54) is 5.56 Å². The highest BCUT2D eigenvalue weighted by Crippen LogP contribution is 2.25. The number of carbonyl (C=O) groups is 1. The predicted octanol–water partition coefficient (Wildman–Crippen LogP) is 2.30. The van der Waals surface area contributed by atoms with Gasteiger partial charge in [0.25, 0.3) is 0 Å². The van der Waals surface area contributed by atoms with Gasteiger partial charge in [-0.05, 0) is 38.7 Å². The van der Waals surface area contributed by atoms with Crippen molar-refractivity contribution in [3.8, 4) is 0 Å². The van der Waals surface area contributed by atoms with Gasteiger partial charge >= 0.3 is 0 Å². The monoisotopic (exact) mass is 246 g/mol. The Morgan fingerprint density at radius 2 is 2.00 bits per heavy atom. The molecule has 0 aromatic heterocycles. The van der Waals surface area contributed by atoms with E-state index in [9.17, 15) is 4.79 Å². The van der Waals surface area contributed by atoms with Crippen LogP contribution in [-0.4, -0.2) is 11.9 Å². The molecule has 2 rings (SSSR count). The Kier molecular flexibility index (Phi) is 4.02. The van der Waals surface area contributed by atoms with Gasteiger partial charge in [-0.1, -0.05) is 29.8 Å². The Balaban J connectivity index is 1.92. The summed E-state index contributed by atoms with van der Waals surface area (Å²) in [6, 6.07) is 8.55. The van der Waals surface area contributed by atoms with E-state index >= 15 is 0 Å². The molecule has 0 spiro atoms. The maximum Gasteiger partial charge on any atom is 0.223 e. The lowest BCUT2D eigenvalue weighted by Gasteiger charge is -2.17. The topological polar surface area (TPSA) is 55.1 Å². The van der Waals surface area contributed by atoms with Crippen LogP contribution in [0.2, 0.25) is 0 Å². The van der Waals surface area contributed by atoms with Crippen LogP contribution in [0.1, 0.15) is 43.4 Å². The minimum absolute atomic E-state index is 0.0647. The largest absolute Gasteiger partial charge is 0.349 e. The lowest BCUT2D eigenvalue weighted by molar-refractivity contribution is -0.125. The number of amides is 1. The molecule has 1 aliphatic rings. The summed E-state index contributed by atoms with van der Waals surface area (Å²) in [7, 11) is 0. The van der Waals surface area contributed by atoms with Gasteiger partial charge in [-0.3, -0.25) is 4.79 Å². The number of rotatable bonds is 3. The average molecular weight is 246 g/mol. The van der Waals surface area contributed by atoms with E-state index < -0.39 is 0 Å². The van der Waals surface area contributed by atoms with Gasteiger partial charge in [0, 0.05) is 12.0 Å². The minimum Gasteiger partial charge on any atom is -0.349 e. The number of nitrogens with two attached hydrogens (primary N) is 1. The van der Waals surface area contributed by atoms with Crippen molar-refractivity contribution in [2.45, 2.75) is 45.2 Å². The molecule has 98 valence electrons. The van der Waals surface area contributed by atoms with Gasteiger partial charge in [-0.2, -0.15) is 0 Å². The van der Waals surface area contributed by atoms with Crippen molar-refractivity contribution in [2.24, 2.45) is 11.7 Å². The fourth-order valence-electron chi connectivity index (χ4n) is 2.52. The second-order valence-electron chi connectivity index (χ2n) is 5.41. The number of aryl methyl sites for hydroxylation is 1. The predicted molar refractivity (Wildman–Crippen MR) is 73.1 cm³/mol. The fraction of sp³-hybridized carbons (Fsp3) is 0.533. The minimum atomic E-state index is 0.0647. The van der Waals surface area contributed by atoms with E-state index in [0.29, 0.717) is 0 Å². The highest BCUT2D eigenvalue weighted by Gasteiger charge is 2.28. The number of nitrogens with one attached hydrogen (secondary N) is 1. The van der Waals surface area contributed by atoms with Gasteiger partial charge in [0.1, 0.15) is 0 Å². The van der Waals surface area contributed by atoms with Crippen molar-refractivity contribution in [1.82, 2.24) is 5.32 Å². The Morgan fingerprint density at radius 1 is 1.33 bits per heavy atom. The molecular formula is C15H22N2O. The molecular weight excluding hydrogens is 224 g/mol. The van der Waals surface area contributed by atoms with Crippen molar-refractivity contribution >= 4 is 5.91 Å². The van der Waals surface area contributed by atoms with Crippen molar-refractivity contribution in [3.05, 3.63) is 35.4 Å². The molecule has 3 atom stereocenters. The highest BCUT2D eigenvalue weighted by molar-refractivity contribution is 5.79. The van der Waals surface area contributed by atoms with Crippen LogP contribution in [0.25, 0.3) is 0 Å². The van der Waals surface area contributed by atoms with E-state index in [1.807, 2.05) is 6.92 Å². The first kappa shape index (κ1) is 13.1. The van der Waals surface area contributed by atoms with Crippen LogP contribution in [0.4, 0.5) is 0 Å². The summed E-state index contributed by atoms with van der Waals surface area (Å²) >= 11 is 0. The van der Waals surface area contributed by atoms with Crippen LogP contribution >= 0.6 is 0 Å². The Hall–Kier alpha value is -1.35. The molecule has 3 heteroatoms. The molecule has 1 aliphatic carbocycles. The zero-order valence-electron chi connectivity index (χ0n) is 11.1. The standard InChI is InChI=1S/C15H22N2O/c1-10-3-5-12(6-4-10)11(2)17-15(18)13-7-8-14(16)9-13/h3-6,11,13-14H,7-9,16H2,1-2H3,(H,17,18)/t11-,13?,14?/m1/s1. The number of hydrogen-bond acceptors (Lipinski definition) is 2. The molecule has 18 heavy (non-hydrogen) atoms. The summed E-state index contributed by atoms with van der Waals surface area (Å²) in [6.07, 6.45) is 2.72. The molecule has 1 amide bonds. The molecule has 1 aromatic rings. The third kappa shape index (κ3) is 3.10. The summed E-state index contributed by atoms with van der Waals surface area (Å²) in [4.78, 5) is 12.1. The summed E-state index contributed by atoms with van der Waals surface area (Å²) < 4.78 is 0. The second kappa shape index (κ2) is 5.53. The first-order valence-electron chi connectivity index (χ1n) is 6.69. The molecule has 0 aliphatic heterocycles. The third-order valence-corrected chi connectivity index (χ3v) is 3.78. The van der Waals surface area contributed by atoms with E-state index in [1.54, 1.807) is 0 Å². The lowest BCUT2D eigenvalue weighted by Crippen LogP contribution is -2.32. The van der Waals surface area contributed by atoms with Crippen LogP contribution in [0, 0.1) is 12.8 Å². The molecule has 0 radical (unpaired) electrons. The molecule has 3 nitrogen and oxygen atoms in total. The smallest absolute Gasteiger partial charge is 0.223 e. The van der Waals surface area contributed by atoms with Gasteiger partial charge in [0.15, 0.2) is 0 Å². The number of hydrogen-bond donors (Lipinski definition) is 2. The molecule has 1 aromatic carbocycles. The molecule has 1 saturated carbocycles. The van der Waals surface area contributed by atoms with Gasteiger partial charge in [-0.15, -0.1) is 0 Å². The summed E-state index contributed by atoms with van der Waals surface area (Å²) in [5.74, 6) is 0.254. The molecule has 0 bridgehead atoms. The van der Waals surface area contributed by atoms with E-state index in [2.05, 4.69) is 36.5 Å². The van der Waals surface area contributed by atoms with E-state index in [0.717, 1.165) is 24.8 Å². The molecule has 1 fully saturated rings. The Labute approximate surface area is 109 Å². The van der Waals surface area contributed by atoms with Crippen LogP contribution in [-0.2, 0) is 4.79 Å². The zero-order chi connectivity index (χ0) is 13.1. The van der Waals surface area contributed by atoms with Gasteiger partial charge in [-0.25, -0.2) is 0 Å². The van der Waals surface area contributed by atoms with Gasteiger partial charge < -0.3 is 11.1 Å². The fourth-order valence-corrected chi connectivity index (χ4v) is 2.52. The first-order chi connectivity index (χ1) is 8.56. The van der Waals surface area contributed by atoms with Gasteiger partial charge in [0.2, 0.25) is 5.91 Å². The Bertz CT molecular complexity index is 413. The maximum atomic E-state index is 12.1. The summed E-state index contributed by atoms with van der Waals surface area (Å²) in [5, 5.41) is 3.08. The Morgan fingerprint density at radius 3 is 2.56 bits per heavy atom. The van der Waals surface area contributed by atoms with Crippen molar-refractivity contribution in [3.63, 3.8) is 0 Å². The first-order valence-corrected chi connectivity index (χ1v) is 6.69. The highest BCUT2D eigenvalue weighted by atomic mass is 16.1.